The molecule has 1 saturated carbocycles. The summed E-state index contributed by atoms with van der Waals surface area (Å²) in [6.07, 6.45) is 5.87. The Hall–Kier alpha value is -1.09. The number of pyridine rings is 1. The largest absolute Gasteiger partial charge is 0.356 e. The molecule has 15 heavy (non-hydrogen) atoms. The highest BCUT2D eigenvalue weighted by atomic mass is 15.2. The normalized spacial score (nSPS) is 16.1. The number of nitrogens with one attached hydrogen (secondary N) is 1. The Labute approximate surface area is 91.5 Å². The van der Waals surface area contributed by atoms with E-state index in [-0.39, 0.29) is 0 Å². The first-order chi connectivity index (χ1) is 7.33. The van der Waals surface area contributed by atoms with Crippen LogP contribution in [-0.2, 0) is 6.54 Å². The van der Waals surface area contributed by atoms with E-state index in [1.165, 1.54) is 24.8 Å². The molecule has 1 heterocycles. The van der Waals surface area contributed by atoms with Gasteiger partial charge in [-0.25, -0.2) is 4.98 Å². The number of anilines is 1. The minimum Gasteiger partial charge on any atom is -0.356 e. The average molecular weight is 205 g/mol. The molecule has 0 aliphatic heterocycles. The first-order valence-electron chi connectivity index (χ1n) is 5.64. The summed E-state index contributed by atoms with van der Waals surface area (Å²) in [6, 6.07) is 4.86. The highest BCUT2D eigenvalue weighted by molar-refractivity contribution is 5.47. The van der Waals surface area contributed by atoms with E-state index in [2.05, 4.69) is 28.3 Å². The summed E-state index contributed by atoms with van der Waals surface area (Å²) in [7, 11) is 4.13. The lowest BCUT2D eigenvalue weighted by molar-refractivity contribution is 0.398. The number of hydrogen-bond acceptors (Lipinski definition) is 3. The van der Waals surface area contributed by atoms with Crippen molar-refractivity contribution >= 4 is 5.82 Å². The van der Waals surface area contributed by atoms with Crippen LogP contribution in [0.25, 0.3) is 0 Å². The van der Waals surface area contributed by atoms with Crippen molar-refractivity contribution in [1.82, 2.24) is 10.3 Å². The maximum atomic E-state index is 4.49. The Morgan fingerprint density at radius 3 is 2.93 bits per heavy atom. The number of aromatic nitrogens is 1. The van der Waals surface area contributed by atoms with Crippen LogP contribution in [0.2, 0.25) is 0 Å². The van der Waals surface area contributed by atoms with Gasteiger partial charge in [0.05, 0.1) is 0 Å². The van der Waals surface area contributed by atoms with E-state index < -0.39 is 0 Å². The first kappa shape index (κ1) is 10.4. The van der Waals surface area contributed by atoms with Gasteiger partial charge in [0.1, 0.15) is 5.82 Å². The molecule has 0 aromatic carbocycles. The number of hydrogen-bond donors (Lipinski definition) is 1. The zero-order valence-corrected chi connectivity index (χ0v) is 9.53. The molecule has 1 aromatic rings. The molecule has 0 amide bonds. The van der Waals surface area contributed by atoms with Gasteiger partial charge in [-0.05, 0) is 32.4 Å². The van der Waals surface area contributed by atoms with Crippen molar-refractivity contribution in [3.8, 4) is 0 Å². The fourth-order valence-electron chi connectivity index (χ4n) is 2.02. The molecular weight excluding hydrogens is 186 g/mol. The van der Waals surface area contributed by atoms with E-state index in [0.717, 1.165) is 12.4 Å². The van der Waals surface area contributed by atoms with Crippen molar-refractivity contribution in [3.63, 3.8) is 0 Å². The van der Waals surface area contributed by atoms with Gasteiger partial charge < -0.3 is 10.2 Å². The molecule has 0 radical (unpaired) electrons. The Morgan fingerprint density at radius 2 is 2.33 bits per heavy atom. The summed E-state index contributed by atoms with van der Waals surface area (Å²) in [5.41, 5.74) is 1.29. The van der Waals surface area contributed by atoms with Gasteiger partial charge in [-0.15, -0.1) is 0 Å². The van der Waals surface area contributed by atoms with Crippen molar-refractivity contribution in [3.05, 3.63) is 23.9 Å². The Morgan fingerprint density at radius 1 is 1.53 bits per heavy atom. The fourth-order valence-corrected chi connectivity index (χ4v) is 2.02. The highest BCUT2D eigenvalue weighted by Gasteiger charge is 2.24. The van der Waals surface area contributed by atoms with Gasteiger partial charge in [0, 0.05) is 31.4 Å². The van der Waals surface area contributed by atoms with Crippen LogP contribution < -0.4 is 10.2 Å². The Balaban J connectivity index is 2.17. The maximum Gasteiger partial charge on any atom is 0.132 e. The maximum absolute atomic E-state index is 4.49. The summed E-state index contributed by atoms with van der Waals surface area (Å²) in [5, 5.41) is 3.19. The van der Waals surface area contributed by atoms with Crippen LogP contribution in [0.4, 0.5) is 5.82 Å². The van der Waals surface area contributed by atoms with E-state index in [0.29, 0.717) is 6.04 Å². The van der Waals surface area contributed by atoms with Crippen molar-refractivity contribution in [2.45, 2.75) is 31.8 Å². The molecule has 2 rings (SSSR count). The van der Waals surface area contributed by atoms with E-state index in [4.69, 9.17) is 0 Å². The third kappa shape index (κ3) is 2.12. The molecule has 0 bridgehead atoms. The summed E-state index contributed by atoms with van der Waals surface area (Å²) in [5.74, 6) is 1.14. The van der Waals surface area contributed by atoms with Crippen molar-refractivity contribution < 1.29 is 0 Å². The van der Waals surface area contributed by atoms with Crippen molar-refractivity contribution in [2.75, 3.05) is 19.0 Å². The fraction of sp³-hybridized carbons (Fsp3) is 0.583. The quantitative estimate of drug-likeness (QED) is 0.812. The van der Waals surface area contributed by atoms with Gasteiger partial charge in [-0.2, -0.15) is 0 Å². The van der Waals surface area contributed by atoms with Gasteiger partial charge in [0.25, 0.3) is 0 Å². The van der Waals surface area contributed by atoms with E-state index in [1.54, 1.807) is 0 Å². The molecule has 0 saturated heterocycles. The molecule has 1 aliphatic rings. The van der Waals surface area contributed by atoms with Gasteiger partial charge in [-0.1, -0.05) is 6.07 Å². The topological polar surface area (TPSA) is 28.2 Å². The third-order valence-corrected chi connectivity index (χ3v) is 3.19. The van der Waals surface area contributed by atoms with Gasteiger partial charge >= 0.3 is 0 Å². The molecule has 0 atom stereocenters. The van der Waals surface area contributed by atoms with Crippen LogP contribution >= 0.6 is 0 Å². The molecular formula is C12H19N3. The standard InChI is InChI=1S/C12H19N3/c1-13-9-10-5-4-8-14-12(10)15(2)11-6-3-7-11/h4-5,8,11,13H,3,6-7,9H2,1-2H3. The summed E-state index contributed by atoms with van der Waals surface area (Å²) in [6.45, 7) is 0.889. The second-order valence-electron chi connectivity index (χ2n) is 4.21. The van der Waals surface area contributed by atoms with Gasteiger partial charge in [0.2, 0.25) is 0 Å². The molecule has 3 heteroatoms. The van der Waals surface area contributed by atoms with Gasteiger partial charge in [-0.3, -0.25) is 0 Å². The zero-order valence-electron chi connectivity index (χ0n) is 9.53. The summed E-state index contributed by atoms with van der Waals surface area (Å²) >= 11 is 0. The number of nitrogens with zero attached hydrogens (tertiary/aromatic N) is 2. The summed E-state index contributed by atoms with van der Waals surface area (Å²) < 4.78 is 0. The van der Waals surface area contributed by atoms with Crippen molar-refractivity contribution in [1.29, 1.82) is 0 Å². The molecule has 0 unspecified atom stereocenters. The molecule has 1 aromatic heterocycles. The van der Waals surface area contributed by atoms with Crippen LogP contribution in [0.5, 0.6) is 0 Å². The van der Waals surface area contributed by atoms with Crippen LogP contribution in [-0.4, -0.2) is 25.1 Å². The lowest BCUT2D eigenvalue weighted by atomic mass is 9.91. The molecule has 1 fully saturated rings. The van der Waals surface area contributed by atoms with E-state index in [9.17, 15) is 0 Å². The van der Waals surface area contributed by atoms with Crippen LogP contribution in [0.15, 0.2) is 18.3 Å². The van der Waals surface area contributed by atoms with Crippen LogP contribution in [0.3, 0.4) is 0 Å². The SMILES string of the molecule is CNCc1cccnc1N(C)C1CCC1. The predicted octanol–water partition coefficient (Wildman–Crippen LogP) is 1.79. The monoisotopic (exact) mass is 205 g/mol. The minimum atomic E-state index is 0.704. The molecule has 1 aliphatic carbocycles. The zero-order chi connectivity index (χ0) is 10.7. The van der Waals surface area contributed by atoms with E-state index in [1.807, 2.05) is 19.3 Å². The van der Waals surface area contributed by atoms with Crippen LogP contribution in [0.1, 0.15) is 24.8 Å². The van der Waals surface area contributed by atoms with Gasteiger partial charge in [0.15, 0.2) is 0 Å². The molecule has 82 valence electrons. The lowest BCUT2D eigenvalue weighted by Gasteiger charge is -2.36. The average Bonchev–Trinajstić information content (AvgIpc) is 2.16. The Kier molecular flexibility index (Phi) is 3.21. The van der Waals surface area contributed by atoms with E-state index >= 15 is 0 Å². The summed E-state index contributed by atoms with van der Waals surface area (Å²) in [4.78, 5) is 6.82. The lowest BCUT2D eigenvalue weighted by Crippen LogP contribution is -2.38. The molecule has 0 spiro atoms. The predicted molar refractivity (Wildman–Crippen MR) is 63.0 cm³/mol. The Bertz CT molecular complexity index is 320. The molecule has 3 nitrogen and oxygen atoms in total. The highest BCUT2D eigenvalue weighted by Crippen LogP contribution is 2.28. The van der Waals surface area contributed by atoms with Crippen molar-refractivity contribution in [2.24, 2.45) is 0 Å². The van der Waals surface area contributed by atoms with Crippen LogP contribution in [0, 0.1) is 0 Å². The molecule has 1 N–H and O–H groups in total. The first-order valence-corrected chi connectivity index (χ1v) is 5.64. The second kappa shape index (κ2) is 4.62. The third-order valence-electron chi connectivity index (χ3n) is 3.19. The minimum absolute atomic E-state index is 0.704. The smallest absolute Gasteiger partial charge is 0.132 e. The number of rotatable bonds is 4. The second-order valence-corrected chi connectivity index (χ2v) is 4.21.